The number of esters is 2. The molecule has 0 aliphatic rings. The minimum absolute atomic E-state index is 0.0207. The number of nitrogens with zero attached hydrogens (tertiary/aromatic N) is 1. The first-order valence-electron chi connectivity index (χ1n) is 31.6. The summed E-state index contributed by atoms with van der Waals surface area (Å²) in [6.07, 6.45) is 87.8. The van der Waals surface area contributed by atoms with Gasteiger partial charge in [-0.3, -0.25) is 18.6 Å². The molecular formula is C70H117NO8P+. The molecule has 10 heteroatoms. The lowest BCUT2D eigenvalue weighted by Gasteiger charge is -2.24. The number of carbonyl (C=O) groups excluding carboxylic acids is 2. The molecule has 0 amide bonds. The largest absolute Gasteiger partial charge is 0.472 e. The molecule has 0 spiro atoms. The SMILES string of the molecule is CC/C=C\C/C=C\C/C=C\C/C=C\C/C=C\C/C=C\C/C=C\CCCCCCCCCCCCCCCC(=O)OC(COC(=O)CCCCCCC/C=C\C/C=C\C/C=C\C/C=C\C/C=C\CC)COP(=O)(O)OCC[N+](C)(C)C. The van der Waals surface area contributed by atoms with E-state index in [9.17, 15) is 19.0 Å². The lowest BCUT2D eigenvalue weighted by molar-refractivity contribution is -0.870. The highest BCUT2D eigenvalue weighted by Gasteiger charge is 2.27. The maximum atomic E-state index is 12.8. The van der Waals surface area contributed by atoms with Gasteiger partial charge in [-0.15, -0.1) is 0 Å². The van der Waals surface area contributed by atoms with Crippen LogP contribution in [-0.2, 0) is 32.7 Å². The molecule has 2 unspecified atom stereocenters. The average molecular weight is 1130 g/mol. The normalized spacial score (nSPS) is 14.2. The van der Waals surface area contributed by atoms with E-state index in [1.54, 1.807) is 0 Å². The van der Waals surface area contributed by atoms with Crippen LogP contribution < -0.4 is 0 Å². The molecular weight excluding hydrogens is 1010 g/mol. The second-order valence-corrected chi connectivity index (χ2v) is 23.1. The van der Waals surface area contributed by atoms with E-state index in [0.29, 0.717) is 23.9 Å². The van der Waals surface area contributed by atoms with E-state index in [-0.39, 0.29) is 32.0 Å². The summed E-state index contributed by atoms with van der Waals surface area (Å²) in [5.74, 6) is -0.828. The van der Waals surface area contributed by atoms with Gasteiger partial charge in [-0.1, -0.05) is 250 Å². The molecule has 0 aliphatic heterocycles. The van der Waals surface area contributed by atoms with Crippen molar-refractivity contribution in [3.8, 4) is 0 Å². The molecule has 0 rings (SSSR count). The summed E-state index contributed by atoms with van der Waals surface area (Å²) in [6, 6.07) is 0. The van der Waals surface area contributed by atoms with Gasteiger partial charge < -0.3 is 18.9 Å². The smallest absolute Gasteiger partial charge is 0.462 e. The second-order valence-electron chi connectivity index (χ2n) is 21.7. The number of quaternary nitrogens is 1. The van der Waals surface area contributed by atoms with Crippen LogP contribution in [0.15, 0.2) is 146 Å². The minimum Gasteiger partial charge on any atom is -0.462 e. The molecule has 9 nitrogen and oxygen atoms in total. The summed E-state index contributed by atoms with van der Waals surface area (Å²) in [6.45, 7) is 4.17. The zero-order chi connectivity index (χ0) is 58.4. The lowest BCUT2D eigenvalue weighted by Crippen LogP contribution is -2.37. The highest BCUT2D eigenvalue weighted by molar-refractivity contribution is 7.47. The molecule has 80 heavy (non-hydrogen) atoms. The molecule has 0 aromatic carbocycles. The molecule has 0 aromatic rings. The van der Waals surface area contributed by atoms with Gasteiger partial charge >= 0.3 is 19.8 Å². The van der Waals surface area contributed by atoms with E-state index in [1.807, 2.05) is 21.1 Å². The van der Waals surface area contributed by atoms with Gasteiger partial charge in [-0.25, -0.2) is 4.57 Å². The van der Waals surface area contributed by atoms with Gasteiger partial charge in [-0.2, -0.15) is 0 Å². The Morgan fingerprint density at radius 1 is 0.388 bits per heavy atom. The zero-order valence-corrected chi connectivity index (χ0v) is 52.4. The van der Waals surface area contributed by atoms with Crippen molar-refractivity contribution in [3.63, 3.8) is 0 Å². The number of carbonyl (C=O) groups is 2. The number of hydrogen-bond donors (Lipinski definition) is 1. The molecule has 1 N–H and O–H groups in total. The predicted octanol–water partition coefficient (Wildman–Crippen LogP) is 20.3. The Labute approximate surface area is 491 Å². The van der Waals surface area contributed by atoms with Gasteiger partial charge in [0.25, 0.3) is 0 Å². The number of phosphoric ester groups is 1. The van der Waals surface area contributed by atoms with Crippen LogP contribution in [0.3, 0.4) is 0 Å². The predicted molar refractivity (Wildman–Crippen MR) is 343 cm³/mol. The molecule has 454 valence electrons. The van der Waals surface area contributed by atoms with E-state index in [0.717, 1.165) is 128 Å². The minimum atomic E-state index is -4.40. The van der Waals surface area contributed by atoms with E-state index in [2.05, 4.69) is 160 Å². The summed E-state index contributed by atoms with van der Waals surface area (Å²) in [7, 11) is 1.45. The first-order chi connectivity index (χ1) is 39.0. The summed E-state index contributed by atoms with van der Waals surface area (Å²) in [5.41, 5.74) is 0. The monoisotopic (exact) mass is 1130 g/mol. The lowest BCUT2D eigenvalue weighted by atomic mass is 10.0. The van der Waals surface area contributed by atoms with Gasteiger partial charge in [0.1, 0.15) is 19.8 Å². The summed E-state index contributed by atoms with van der Waals surface area (Å²) in [4.78, 5) is 35.8. The number of rotatable bonds is 56. The Morgan fingerprint density at radius 2 is 0.675 bits per heavy atom. The van der Waals surface area contributed by atoms with E-state index in [1.165, 1.54) is 64.2 Å². The number of unbranched alkanes of at least 4 members (excludes halogenated alkanes) is 18. The molecule has 0 bridgehead atoms. The highest BCUT2D eigenvalue weighted by atomic mass is 31.2. The third-order valence-electron chi connectivity index (χ3n) is 12.9. The highest BCUT2D eigenvalue weighted by Crippen LogP contribution is 2.43. The Kier molecular flexibility index (Phi) is 56.5. The molecule has 0 fully saturated rings. The first-order valence-corrected chi connectivity index (χ1v) is 33.1. The molecule has 0 saturated heterocycles. The second kappa shape index (κ2) is 59.5. The third-order valence-corrected chi connectivity index (χ3v) is 13.8. The van der Waals surface area contributed by atoms with Crippen molar-refractivity contribution >= 4 is 19.8 Å². The molecule has 0 aromatic heterocycles. The Morgan fingerprint density at radius 3 is 1.00 bits per heavy atom. The summed E-state index contributed by atoms with van der Waals surface area (Å²) < 4.78 is 34.6. The van der Waals surface area contributed by atoms with Gasteiger partial charge in [0, 0.05) is 12.8 Å². The van der Waals surface area contributed by atoms with Crippen LogP contribution >= 0.6 is 7.82 Å². The maximum absolute atomic E-state index is 12.8. The van der Waals surface area contributed by atoms with Crippen LogP contribution in [0.5, 0.6) is 0 Å². The van der Waals surface area contributed by atoms with Gasteiger partial charge in [0.05, 0.1) is 27.7 Å². The van der Waals surface area contributed by atoms with Crippen molar-refractivity contribution in [3.05, 3.63) is 146 Å². The third kappa shape index (κ3) is 63.1. The van der Waals surface area contributed by atoms with Gasteiger partial charge in [0.15, 0.2) is 6.10 Å². The van der Waals surface area contributed by atoms with Crippen molar-refractivity contribution in [1.82, 2.24) is 0 Å². The number of hydrogen-bond acceptors (Lipinski definition) is 7. The van der Waals surface area contributed by atoms with Crippen LogP contribution in [-0.4, -0.2) is 74.9 Å². The van der Waals surface area contributed by atoms with Crippen LogP contribution in [0, 0.1) is 0 Å². The van der Waals surface area contributed by atoms with E-state index in [4.69, 9.17) is 18.5 Å². The molecule has 0 heterocycles. The Bertz CT molecular complexity index is 1860. The fraction of sp³-hybridized carbons (Fsp3) is 0.629. The molecule has 2 atom stereocenters. The quantitative estimate of drug-likeness (QED) is 0.0211. The standard InChI is InChI=1S/C70H116NO8P/c1-6-8-10-12-14-16-18-20-22-24-26-28-29-30-31-32-33-34-35-36-37-38-39-40-41-43-45-47-49-51-53-55-57-59-61-63-70(73)79-68(67-78-80(74,75)77-65-64-71(3,4)5)66-76-69(72)62-60-58-56-54-52-50-48-46-44-42-27-25-23-21-19-17-15-13-11-9-7-2/h8-11,14-17,20-23,26-28,30-31,33-34,36-37,42,46,48,68H,6-7,12-13,18-19,24-25,29,32,35,38-41,43-45,47,49-67H2,1-5H3/p+1/b10-8-,11-9-,16-14-,17-15-,22-20-,23-21-,28-26-,31-30-,34-33-,37-36-,42-27-,48-46-. The molecule has 0 aliphatic carbocycles. The maximum Gasteiger partial charge on any atom is 0.472 e. The number of allylic oxidation sites excluding steroid dienone is 24. The first kappa shape index (κ1) is 75.9. The fourth-order valence-electron chi connectivity index (χ4n) is 8.08. The average Bonchev–Trinajstić information content (AvgIpc) is 3.42. The Hall–Kier alpha value is -4.11. The molecule has 0 radical (unpaired) electrons. The van der Waals surface area contributed by atoms with Crippen molar-refractivity contribution < 1.29 is 42.1 Å². The van der Waals surface area contributed by atoms with Gasteiger partial charge in [0.2, 0.25) is 0 Å². The van der Waals surface area contributed by atoms with E-state index < -0.39 is 26.5 Å². The van der Waals surface area contributed by atoms with Crippen molar-refractivity contribution in [1.29, 1.82) is 0 Å². The van der Waals surface area contributed by atoms with Crippen molar-refractivity contribution in [2.45, 2.75) is 238 Å². The van der Waals surface area contributed by atoms with Crippen LogP contribution in [0.2, 0.25) is 0 Å². The van der Waals surface area contributed by atoms with Crippen LogP contribution in [0.4, 0.5) is 0 Å². The number of likely N-dealkylation sites (N-methyl/N-ethyl adjacent to an activating group) is 1. The van der Waals surface area contributed by atoms with Crippen LogP contribution in [0.25, 0.3) is 0 Å². The number of phosphoric acid groups is 1. The molecule has 0 saturated carbocycles. The zero-order valence-electron chi connectivity index (χ0n) is 51.5. The van der Waals surface area contributed by atoms with Crippen molar-refractivity contribution in [2.75, 3.05) is 47.5 Å². The fourth-order valence-corrected chi connectivity index (χ4v) is 8.82. The topological polar surface area (TPSA) is 108 Å². The van der Waals surface area contributed by atoms with Gasteiger partial charge in [-0.05, 0) is 116 Å². The van der Waals surface area contributed by atoms with Crippen molar-refractivity contribution in [2.24, 2.45) is 0 Å². The van der Waals surface area contributed by atoms with E-state index >= 15 is 0 Å². The number of ether oxygens (including phenoxy) is 2. The Balaban J connectivity index is 4.15. The van der Waals surface area contributed by atoms with Crippen LogP contribution in [0.1, 0.15) is 232 Å². The summed E-state index contributed by atoms with van der Waals surface area (Å²) >= 11 is 0. The summed E-state index contributed by atoms with van der Waals surface area (Å²) in [5, 5.41) is 0.